The van der Waals surface area contributed by atoms with Crippen molar-refractivity contribution in [3.05, 3.63) is 98.1 Å². The number of ether oxygens (including phenoxy) is 1. The van der Waals surface area contributed by atoms with E-state index < -0.39 is 23.0 Å². The van der Waals surface area contributed by atoms with E-state index in [9.17, 15) is 22.8 Å². The van der Waals surface area contributed by atoms with Gasteiger partial charge < -0.3 is 9.72 Å². The summed E-state index contributed by atoms with van der Waals surface area (Å²) in [6.45, 7) is 0. The van der Waals surface area contributed by atoms with E-state index in [1.807, 2.05) is 0 Å². The van der Waals surface area contributed by atoms with Crippen LogP contribution in [0.15, 0.2) is 69.3 Å². The van der Waals surface area contributed by atoms with Gasteiger partial charge in [0.25, 0.3) is 5.56 Å². The van der Waals surface area contributed by atoms with E-state index in [1.165, 1.54) is 30.0 Å². The number of nitrogens with one attached hydrogen (secondary N) is 2. The van der Waals surface area contributed by atoms with Gasteiger partial charge in [0.2, 0.25) is 0 Å². The smallest absolute Gasteiger partial charge is 0.416 e. The molecule has 2 heterocycles. The van der Waals surface area contributed by atoms with E-state index in [-0.39, 0.29) is 6.42 Å². The Balaban J connectivity index is 1.64. The van der Waals surface area contributed by atoms with E-state index >= 15 is 0 Å². The largest absolute Gasteiger partial charge is 0.497 e. The summed E-state index contributed by atoms with van der Waals surface area (Å²) in [7, 11) is 1.55. The molecule has 4 rings (SSSR count). The van der Waals surface area contributed by atoms with Crippen LogP contribution < -0.4 is 16.0 Å². The zero-order valence-corrected chi connectivity index (χ0v) is 18.5. The molecule has 2 aromatic heterocycles. The fourth-order valence-corrected chi connectivity index (χ4v) is 4.15. The molecule has 176 valence electrons. The molecule has 0 fully saturated rings. The number of alkyl halides is 3. The number of rotatable bonds is 7. The van der Waals surface area contributed by atoms with Gasteiger partial charge in [-0.05, 0) is 42.0 Å². The molecule has 0 spiro atoms. The summed E-state index contributed by atoms with van der Waals surface area (Å²) in [6.07, 6.45) is -4.27. The normalized spacial score (nSPS) is 11.5. The van der Waals surface area contributed by atoms with Crippen molar-refractivity contribution in [2.45, 2.75) is 23.5 Å². The van der Waals surface area contributed by atoms with Gasteiger partial charge in [-0.15, -0.1) is 10.2 Å². The van der Waals surface area contributed by atoms with Crippen molar-refractivity contribution in [2.24, 2.45) is 0 Å². The topological polar surface area (TPSA) is 106 Å². The van der Waals surface area contributed by atoms with Gasteiger partial charge >= 0.3 is 11.9 Å². The van der Waals surface area contributed by atoms with E-state index in [1.54, 1.807) is 35.9 Å². The summed E-state index contributed by atoms with van der Waals surface area (Å²) in [5.41, 5.74) is -0.126. The van der Waals surface area contributed by atoms with E-state index in [2.05, 4.69) is 20.2 Å². The lowest BCUT2D eigenvalue weighted by atomic mass is 10.1. The van der Waals surface area contributed by atoms with Crippen LogP contribution in [0.25, 0.3) is 5.69 Å². The fraction of sp³-hybridized carbons (Fsp3) is 0.182. The summed E-state index contributed by atoms with van der Waals surface area (Å²) in [5.74, 6) is 1.46. The van der Waals surface area contributed by atoms with Gasteiger partial charge in [-0.2, -0.15) is 13.2 Å². The quantitative estimate of drug-likeness (QED) is 0.385. The van der Waals surface area contributed by atoms with Gasteiger partial charge in [0, 0.05) is 29.6 Å². The third-order valence-corrected chi connectivity index (χ3v) is 5.85. The maximum Gasteiger partial charge on any atom is 0.416 e. The number of aromatic amines is 2. The standard InChI is InChI=1S/C22H18F3N5O3S/c1-33-17-8-6-16(7-9-17)30-18(10-15-11-19(31)27-20(32)26-15)28-29-21(30)34-12-13-2-4-14(5-3-13)22(23,24)25/h2-9,11H,10,12H2,1H3,(H2,26,27,31,32). The maximum atomic E-state index is 12.8. The Kier molecular flexibility index (Phi) is 6.59. The monoisotopic (exact) mass is 489 g/mol. The molecule has 0 saturated carbocycles. The van der Waals surface area contributed by atoms with Crippen molar-refractivity contribution in [1.29, 1.82) is 0 Å². The zero-order chi connectivity index (χ0) is 24.3. The predicted molar refractivity (Wildman–Crippen MR) is 119 cm³/mol. The van der Waals surface area contributed by atoms with Gasteiger partial charge in [0.15, 0.2) is 5.16 Å². The molecular weight excluding hydrogens is 471 g/mol. The van der Waals surface area contributed by atoms with Crippen LogP contribution in [0.1, 0.15) is 22.6 Å². The molecule has 0 aliphatic heterocycles. The van der Waals surface area contributed by atoms with Crippen LogP contribution in [0.2, 0.25) is 0 Å². The van der Waals surface area contributed by atoms with Crippen LogP contribution in [-0.4, -0.2) is 31.8 Å². The van der Waals surface area contributed by atoms with Crippen LogP contribution in [0, 0.1) is 0 Å². The first-order valence-corrected chi connectivity index (χ1v) is 10.9. The van der Waals surface area contributed by atoms with E-state index in [4.69, 9.17) is 4.74 Å². The first kappa shape index (κ1) is 23.4. The maximum absolute atomic E-state index is 12.8. The highest BCUT2D eigenvalue weighted by Crippen LogP contribution is 2.31. The van der Waals surface area contributed by atoms with Crippen molar-refractivity contribution in [3.8, 4) is 11.4 Å². The molecule has 2 aromatic carbocycles. The molecular formula is C22H18F3N5O3S. The minimum Gasteiger partial charge on any atom is -0.497 e. The van der Waals surface area contributed by atoms with Gasteiger partial charge in [0.1, 0.15) is 11.6 Å². The molecule has 8 nitrogen and oxygen atoms in total. The second kappa shape index (κ2) is 9.59. The number of halogens is 3. The molecule has 0 amide bonds. The molecule has 0 saturated heterocycles. The molecule has 0 unspecified atom stereocenters. The fourth-order valence-electron chi connectivity index (χ4n) is 3.22. The molecule has 0 atom stereocenters. The Morgan fingerprint density at radius 2 is 1.71 bits per heavy atom. The summed E-state index contributed by atoms with van der Waals surface area (Å²) >= 11 is 1.29. The van der Waals surface area contributed by atoms with Crippen LogP contribution in [-0.2, 0) is 18.3 Å². The summed E-state index contributed by atoms with van der Waals surface area (Å²) in [6, 6.07) is 13.3. The summed E-state index contributed by atoms with van der Waals surface area (Å²) < 4.78 is 45.4. The predicted octanol–water partition coefficient (Wildman–Crippen LogP) is 3.55. The van der Waals surface area contributed by atoms with Crippen molar-refractivity contribution in [2.75, 3.05) is 7.11 Å². The lowest BCUT2D eigenvalue weighted by molar-refractivity contribution is -0.137. The number of hydrogen-bond acceptors (Lipinski definition) is 6. The van der Waals surface area contributed by atoms with Crippen molar-refractivity contribution in [1.82, 2.24) is 24.7 Å². The van der Waals surface area contributed by atoms with E-state index in [0.29, 0.717) is 39.4 Å². The average molecular weight is 489 g/mol. The molecule has 0 aliphatic carbocycles. The Hall–Kier alpha value is -3.80. The minimum atomic E-state index is -4.39. The third kappa shape index (κ3) is 5.39. The second-order valence-electron chi connectivity index (χ2n) is 7.21. The second-order valence-corrected chi connectivity index (χ2v) is 8.15. The first-order valence-electron chi connectivity index (χ1n) is 9.93. The zero-order valence-electron chi connectivity index (χ0n) is 17.7. The van der Waals surface area contributed by atoms with Crippen molar-refractivity contribution < 1.29 is 17.9 Å². The van der Waals surface area contributed by atoms with Crippen molar-refractivity contribution in [3.63, 3.8) is 0 Å². The van der Waals surface area contributed by atoms with Gasteiger partial charge in [-0.3, -0.25) is 14.3 Å². The van der Waals surface area contributed by atoms with Crippen LogP contribution in [0.4, 0.5) is 13.2 Å². The highest BCUT2D eigenvalue weighted by atomic mass is 32.2. The minimum absolute atomic E-state index is 0.124. The highest BCUT2D eigenvalue weighted by Gasteiger charge is 2.30. The number of H-pyrrole nitrogens is 2. The number of nitrogens with zero attached hydrogens (tertiary/aromatic N) is 3. The van der Waals surface area contributed by atoms with Crippen LogP contribution in [0.5, 0.6) is 5.75 Å². The number of aromatic nitrogens is 5. The lowest BCUT2D eigenvalue weighted by Crippen LogP contribution is -2.23. The highest BCUT2D eigenvalue weighted by molar-refractivity contribution is 7.98. The number of methoxy groups -OCH3 is 1. The Morgan fingerprint density at radius 1 is 1.00 bits per heavy atom. The Bertz CT molecular complexity index is 1370. The number of benzene rings is 2. The summed E-state index contributed by atoms with van der Waals surface area (Å²) in [5, 5.41) is 8.95. The molecule has 0 radical (unpaired) electrons. The lowest BCUT2D eigenvalue weighted by Gasteiger charge is -2.11. The van der Waals surface area contributed by atoms with Crippen molar-refractivity contribution >= 4 is 11.8 Å². The number of hydrogen-bond donors (Lipinski definition) is 2. The first-order chi connectivity index (χ1) is 16.2. The van der Waals surface area contributed by atoms with Crippen LogP contribution >= 0.6 is 11.8 Å². The molecule has 0 bridgehead atoms. The Labute approximate surface area is 194 Å². The third-order valence-electron chi connectivity index (χ3n) is 4.84. The molecule has 2 N–H and O–H groups in total. The Morgan fingerprint density at radius 3 is 2.32 bits per heavy atom. The molecule has 12 heteroatoms. The van der Waals surface area contributed by atoms with Crippen LogP contribution in [0.3, 0.4) is 0 Å². The van der Waals surface area contributed by atoms with Gasteiger partial charge in [-0.25, -0.2) is 4.79 Å². The number of thioether (sulfide) groups is 1. The average Bonchev–Trinajstić information content (AvgIpc) is 3.19. The molecule has 4 aromatic rings. The summed E-state index contributed by atoms with van der Waals surface area (Å²) in [4.78, 5) is 28.0. The van der Waals surface area contributed by atoms with Gasteiger partial charge in [0.05, 0.1) is 12.7 Å². The SMILES string of the molecule is COc1ccc(-n2c(Cc3cc(=O)[nH]c(=O)[nH]3)nnc2SCc2ccc(C(F)(F)F)cc2)cc1. The van der Waals surface area contributed by atoms with Gasteiger partial charge in [-0.1, -0.05) is 23.9 Å². The molecule has 34 heavy (non-hydrogen) atoms. The molecule has 0 aliphatic rings. The van der Waals surface area contributed by atoms with E-state index in [0.717, 1.165) is 12.1 Å².